The zero-order valence-corrected chi connectivity index (χ0v) is 9.50. The van der Waals surface area contributed by atoms with Crippen LogP contribution in [0.4, 0.5) is 11.4 Å². The molecule has 0 radical (unpaired) electrons. The summed E-state index contributed by atoms with van der Waals surface area (Å²) in [5, 5.41) is 3.37. The van der Waals surface area contributed by atoms with Gasteiger partial charge in [-0.2, -0.15) is 0 Å². The van der Waals surface area contributed by atoms with Crippen LogP contribution in [0.5, 0.6) is 5.75 Å². The van der Waals surface area contributed by atoms with E-state index in [4.69, 9.17) is 10.5 Å². The molecule has 15 heavy (non-hydrogen) atoms. The molecule has 0 amide bonds. The highest BCUT2D eigenvalue weighted by Crippen LogP contribution is 2.35. The van der Waals surface area contributed by atoms with Gasteiger partial charge in [-0.15, -0.1) is 0 Å². The van der Waals surface area contributed by atoms with E-state index < -0.39 is 0 Å². The summed E-state index contributed by atoms with van der Waals surface area (Å²) < 4.78 is 5.93. The van der Waals surface area contributed by atoms with Gasteiger partial charge in [0.2, 0.25) is 0 Å². The van der Waals surface area contributed by atoms with Crippen LogP contribution in [0.25, 0.3) is 0 Å². The Labute approximate surface area is 90.6 Å². The molecule has 3 N–H and O–H groups in total. The molecule has 1 aliphatic heterocycles. The number of rotatable bonds is 0. The summed E-state index contributed by atoms with van der Waals surface area (Å²) in [7, 11) is 0. The molecule has 0 fully saturated rings. The maximum atomic E-state index is 5.93. The SMILES string of the molecule is CC(C)(C)C1CNc2ccc(N)cc2O1. The quantitative estimate of drug-likeness (QED) is 0.641. The van der Waals surface area contributed by atoms with E-state index in [9.17, 15) is 0 Å². The molecule has 3 nitrogen and oxygen atoms in total. The molecule has 82 valence electrons. The van der Waals surface area contributed by atoms with Crippen LogP contribution in [0.2, 0.25) is 0 Å². The first-order valence-electron chi connectivity index (χ1n) is 5.27. The lowest BCUT2D eigenvalue weighted by Crippen LogP contribution is -2.40. The van der Waals surface area contributed by atoms with Crippen LogP contribution < -0.4 is 15.8 Å². The highest BCUT2D eigenvalue weighted by Gasteiger charge is 2.30. The molecule has 1 aliphatic rings. The molecular weight excluding hydrogens is 188 g/mol. The number of anilines is 2. The Kier molecular flexibility index (Phi) is 2.25. The van der Waals surface area contributed by atoms with E-state index in [0.29, 0.717) is 0 Å². The fourth-order valence-corrected chi connectivity index (χ4v) is 1.66. The van der Waals surface area contributed by atoms with Crippen LogP contribution >= 0.6 is 0 Å². The molecule has 1 aromatic carbocycles. The van der Waals surface area contributed by atoms with Gasteiger partial charge in [0.1, 0.15) is 11.9 Å². The average molecular weight is 206 g/mol. The number of nitrogen functional groups attached to an aromatic ring is 1. The van der Waals surface area contributed by atoms with Crippen molar-refractivity contribution in [1.82, 2.24) is 0 Å². The third-order valence-corrected chi connectivity index (χ3v) is 2.72. The van der Waals surface area contributed by atoms with Crippen molar-refractivity contribution >= 4 is 11.4 Å². The Balaban J connectivity index is 2.26. The highest BCUT2D eigenvalue weighted by atomic mass is 16.5. The van der Waals surface area contributed by atoms with Gasteiger partial charge in [-0.3, -0.25) is 0 Å². The topological polar surface area (TPSA) is 47.3 Å². The van der Waals surface area contributed by atoms with Crippen LogP contribution in [0, 0.1) is 5.41 Å². The van der Waals surface area contributed by atoms with E-state index in [0.717, 1.165) is 23.7 Å². The van der Waals surface area contributed by atoms with Crippen molar-refractivity contribution in [2.45, 2.75) is 26.9 Å². The Morgan fingerprint density at radius 1 is 1.40 bits per heavy atom. The van der Waals surface area contributed by atoms with E-state index >= 15 is 0 Å². The minimum absolute atomic E-state index is 0.134. The predicted octanol–water partition coefficient (Wildman–Crippen LogP) is 2.49. The van der Waals surface area contributed by atoms with Gasteiger partial charge < -0.3 is 15.8 Å². The number of fused-ring (bicyclic) bond motifs is 1. The summed E-state index contributed by atoms with van der Waals surface area (Å²) in [4.78, 5) is 0. The van der Waals surface area contributed by atoms with Crippen LogP contribution in [0.15, 0.2) is 18.2 Å². The number of hydrogen-bond acceptors (Lipinski definition) is 3. The van der Waals surface area contributed by atoms with Crippen molar-refractivity contribution in [1.29, 1.82) is 0 Å². The Hall–Kier alpha value is -1.38. The predicted molar refractivity (Wildman–Crippen MR) is 63.2 cm³/mol. The van der Waals surface area contributed by atoms with E-state index in [-0.39, 0.29) is 11.5 Å². The minimum atomic E-state index is 0.134. The number of benzene rings is 1. The fraction of sp³-hybridized carbons (Fsp3) is 0.500. The van der Waals surface area contributed by atoms with Gasteiger partial charge in [-0.05, 0) is 12.1 Å². The second kappa shape index (κ2) is 3.33. The van der Waals surface area contributed by atoms with Crippen molar-refractivity contribution in [2.24, 2.45) is 5.41 Å². The minimum Gasteiger partial charge on any atom is -0.486 e. The molecule has 1 atom stereocenters. The largest absolute Gasteiger partial charge is 0.486 e. The molecule has 0 saturated carbocycles. The molecule has 0 spiro atoms. The second-order valence-electron chi connectivity index (χ2n) is 5.11. The van der Waals surface area contributed by atoms with Crippen molar-refractivity contribution in [3.8, 4) is 5.75 Å². The third-order valence-electron chi connectivity index (χ3n) is 2.72. The van der Waals surface area contributed by atoms with Crippen LogP contribution in [-0.4, -0.2) is 12.6 Å². The summed E-state index contributed by atoms with van der Waals surface area (Å²) >= 11 is 0. The van der Waals surface area contributed by atoms with Crippen molar-refractivity contribution in [2.75, 3.05) is 17.6 Å². The van der Waals surface area contributed by atoms with Crippen molar-refractivity contribution < 1.29 is 4.74 Å². The summed E-state index contributed by atoms with van der Waals surface area (Å²) in [5.41, 5.74) is 7.64. The summed E-state index contributed by atoms with van der Waals surface area (Å²) in [6.07, 6.45) is 0.187. The Morgan fingerprint density at radius 3 is 2.80 bits per heavy atom. The van der Waals surface area contributed by atoms with E-state index in [1.54, 1.807) is 0 Å². The number of ether oxygens (including phenoxy) is 1. The molecule has 1 heterocycles. The lowest BCUT2D eigenvalue weighted by atomic mass is 9.88. The lowest BCUT2D eigenvalue weighted by Gasteiger charge is -2.35. The average Bonchev–Trinajstić information content (AvgIpc) is 2.15. The van der Waals surface area contributed by atoms with Gasteiger partial charge in [-0.1, -0.05) is 20.8 Å². The number of nitrogens with one attached hydrogen (secondary N) is 1. The summed E-state index contributed by atoms with van der Waals surface area (Å²) in [6, 6.07) is 5.72. The van der Waals surface area contributed by atoms with E-state index in [2.05, 4.69) is 26.1 Å². The van der Waals surface area contributed by atoms with Gasteiger partial charge in [0.15, 0.2) is 0 Å². The number of nitrogens with two attached hydrogens (primary N) is 1. The molecule has 3 heteroatoms. The molecule has 1 aromatic rings. The second-order valence-corrected chi connectivity index (χ2v) is 5.11. The highest BCUT2D eigenvalue weighted by molar-refractivity contribution is 5.63. The van der Waals surface area contributed by atoms with Gasteiger partial charge in [0, 0.05) is 17.2 Å². The van der Waals surface area contributed by atoms with Crippen molar-refractivity contribution in [3.63, 3.8) is 0 Å². The van der Waals surface area contributed by atoms with Crippen LogP contribution in [-0.2, 0) is 0 Å². The van der Waals surface area contributed by atoms with Gasteiger partial charge in [0.25, 0.3) is 0 Å². The maximum absolute atomic E-state index is 5.93. The molecule has 0 aromatic heterocycles. The lowest BCUT2D eigenvalue weighted by molar-refractivity contribution is 0.0923. The van der Waals surface area contributed by atoms with E-state index in [1.807, 2.05) is 18.2 Å². The molecule has 0 bridgehead atoms. The van der Waals surface area contributed by atoms with Crippen LogP contribution in [0.3, 0.4) is 0 Å². The fourth-order valence-electron chi connectivity index (χ4n) is 1.66. The Bertz CT molecular complexity index is 368. The third kappa shape index (κ3) is 2.01. The van der Waals surface area contributed by atoms with E-state index in [1.165, 1.54) is 0 Å². The number of hydrogen-bond donors (Lipinski definition) is 2. The summed E-state index contributed by atoms with van der Waals surface area (Å²) in [5.74, 6) is 0.862. The molecule has 0 aliphatic carbocycles. The smallest absolute Gasteiger partial charge is 0.144 e. The molecule has 2 rings (SSSR count). The normalized spacial score (nSPS) is 20.1. The van der Waals surface area contributed by atoms with Gasteiger partial charge >= 0.3 is 0 Å². The van der Waals surface area contributed by atoms with Crippen LogP contribution in [0.1, 0.15) is 20.8 Å². The summed E-state index contributed by atoms with van der Waals surface area (Å²) in [6.45, 7) is 7.38. The first-order valence-corrected chi connectivity index (χ1v) is 5.27. The first-order chi connectivity index (χ1) is 6.97. The maximum Gasteiger partial charge on any atom is 0.144 e. The van der Waals surface area contributed by atoms with Crippen molar-refractivity contribution in [3.05, 3.63) is 18.2 Å². The zero-order chi connectivity index (χ0) is 11.1. The van der Waals surface area contributed by atoms with Gasteiger partial charge in [0.05, 0.1) is 12.2 Å². The Morgan fingerprint density at radius 2 is 2.13 bits per heavy atom. The zero-order valence-electron chi connectivity index (χ0n) is 9.50. The molecule has 0 saturated heterocycles. The monoisotopic (exact) mass is 206 g/mol. The van der Waals surface area contributed by atoms with Gasteiger partial charge in [-0.25, -0.2) is 0 Å². The molecular formula is C12H18N2O. The first kappa shape index (κ1) is 10.1. The standard InChI is InChI=1S/C12H18N2O/c1-12(2,3)11-7-14-9-5-4-8(13)6-10(9)15-11/h4-6,11,14H,7,13H2,1-3H3. The molecule has 1 unspecified atom stereocenters.